The van der Waals surface area contributed by atoms with Gasteiger partial charge in [-0.25, -0.2) is 0 Å². The van der Waals surface area contributed by atoms with Gasteiger partial charge in [0.25, 0.3) is 0 Å². The van der Waals surface area contributed by atoms with Gasteiger partial charge < -0.3 is 4.90 Å². The molecule has 1 nitrogen and oxygen atoms in total. The first kappa shape index (κ1) is 18.5. The average Bonchev–Trinajstić information content (AvgIpc) is 2.83. The highest BCUT2D eigenvalue weighted by molar-refractivity contribution is 5.76. The Kier molecular flexibility index (Phi) is 5.23. The van der Waals surface area contributed by atoms with Crippen LogP contribution in [-0.2, 0) is 0 Å². The van der Waals surface area contributed by atoms with E-state index in [2.05, 4.69) is 95.6 Å². The van der Waals surface area contributed by atoms with Crippen LogP contribution < -0.4 is 4.90 Å². The van der Waals surface area contributed by atoms with Crippen LogP contribution in [0.3, 0.4) is 0 Å². The first-order chi connectivity index (χ1) is 14.9. The van der Waals surface area contributed by atoms with Gasteiger partial charge in [0.05, 0.1) is 0 Å². The van der Waals surface area contributed by atoms with E-state index in [1.54, 1.807) is 0 Å². The molecule has 1 heteroatoms. The molecule has 0 aromatic heterocycles. The predicted octanol–water partition coefficient (Wildman–Crippen LogP) is 7.14. The minimum atomic E-state index is -0.0216. The number of benzene rings is 3. The molecule has 0 bridgehead atoms. The minimum absolute atomic E-state index is 0.0216. The molecule has 3 aromatic carbocycles. The number of hydrogen-bond acceptors (Lipinski definition) is 1. The van der Waals surface area contributed by atoms with Crippen LogP contribution in [0.4, 0.5) is 5.69 Å². The van der Waals surface area contributed by atoms with Gasteiger partial charge in [-0.05, 0) is 72.7 Å². The molecule has 30 heavy (non-hydrogen) atoms. The summed E-state index contributed by atoms with van der Waals surface area (Å²) in [5.74, 6) is 7.06. The average molecular weight is 388 g/mol. The molecule has 0 spiro atoms. The Hall–Kier alpha value is -3.50. The van der Waals surface area contributed by atoms with Crippen LogP contribution in [0.15, 0.2) is 102 Å². The number of hydrogen-bond donors (Lipinski definition) is 0. The quantitative estimate of drug-likeness (QED) is 0.422. The highest BCUT2D eigenvalue weighted by Crippen LogP contribution is 2.42. The molecule has 3 aromatic rings. The van der Waals surface area contributed by atoms with Crippen LogP contribution in [0.2, 0.25) is 0 Å². The van der Waals surface area contributed by atoms with E-state index in [4.69, 9.17) is 0 Å². The monoisotopic (exact) mass is 387 g/mol. The molecule has 146 valence electrons. The van der Waals surface area contributed by atoms with Crippen molar-refractivity contribution in [2.24, 2.45) is 0 Å². The van der Waals surface area contributed by atoms with Crippen molar-refractivity contribution in [1.82, 2.24) is 0 Å². The molecule has 0 amide bonds. The van der Waals surface area contributed by atoms with E-state index in [0.717, 1.165) is 18.4 Å². The molecule has 0 fully saturated rings. The molecule has 2 aliphatic rings. The van der Waals surface area contributed by atoms with Crippen LogP contribution in [0.1, 0.15) is 48.4 Å². The lowest BCUT2D eigenvalue weighted by molar-refractivity contribution is 0.692. The lowest BCUT2D eigenvalue weighted by Crippen LogP contribution is -2.31. The molecule has 1 heterocycles. The number of para-hydroxylation sites is 1. The zero-order chi connectivity index (χ0) is 20.2. The first-order valence-electron chi connectivity index (χ1n) is 10.8. The zero-order valence-corrected chi connectivity index (χ0v) is 17.1. The van der Waals surface area contributed by atoms with E-state index in [-0.39, 0.29) is 6.04 Å². The Bertz CT molecular complexity index is 1140. The Morgan fingerprint density at radius 2 is 1.50 bits per heavy atom. The second-order valence-corrected chi connectivity index (χ2v) is 7.88. The largest absolute Gasteiger partial charge is 0.323 e. The summed E-state index contributed by atoms with van der Waals surface area (Å²) in [7, 11) is 0. The van der Waals surface area contributed by atoms with Gasteiger partial charge in [-0.3, -0.25) is 0 Å². The number of nitrogens with zero attached hydrogens (tertiary/aromatic N) is 1. The summed E-state index contributed by atoms with van der Waals surface area (Å²) < 4.78 is 0. The summed E-state index contributed by atoms with van der Waals surface area (Å²) in [5, 5.41) is 0. The van der Waals surface area contributed by atoms with Crippen LogP contribution in [-0.4, -0.2) is 0 Å². The van der Waals surface area contributed by atoms with E-state index < -0.39 is 0 Å². The van der Waals surface area contributed by atoms with E-state index >= 15 is 0 Å². The Morgan fingerprint density at radius 1 is 0.767 bits per heavy atom. The van der Waals surface area contributed by atoms with Gasteiger partial charge in [-0.2, -0.15) is 0 Å². The number of anilines is 1. The fourth-order valence-electron chi connectivity index (χ4n) is 4.40. The van der Waals surface area contributed by atoms with Gasteiger partial charge in [0.15, 0.2) is 0 Å². The van der Waals surface area contributed by atoms with E-state index in [0.29, 0.717) is 0 Å². The van der Waals surface area contributed by atoms with Crippen molar-refractivity contribution in [3.05, 3.63) is 119 Å². The van der Waals surface area contributed by atoms with E-state index in [1.165, 1.54) is 40.9 Å². The zero-order valence-electron chi connectivity index (χ0n) is 17.1. The number of fused-ring (bicyclic) bond motifs is 1. The lowest BCUT2D eigenvalue weighted by atomic mass is 9.88. The fraction of sp³-hybridized carbons (Fsp3) is 0.172. The summed E-state index contributed by atoms with van der Waals surface area (Å²) in [5.41, 5.74) is 7.54. The van der Waals surface area contributed by atoms with Crippen molar-refractivity contribution in [3.63, 3.8) is 0 Å². The van der Waals surface area contributed by atoms with Gasteiger partial charge in [-0.15, -0.1) is 0 Å². The summed E-state index contributed by atoms with van der Waals surface area (Å²) in [6, 6.07) is 29.7. The Morgan fingerprint density at radius 3 is 2.27 bits per heavy atom. The highest BCUT2D eigenvalue weighted by Gasteiger charge is 2.30. The maximum Gasteiger partial charge on any atom is 0.121 e. The van der Waals surface area contributed by atoms with Crippen molar-refractivity contribution < 1.29 is 0 Å². The molecule has 0 radical (unpaired) electrons. The van der Waals surface area contributed by atoms with Crippen LogP contribution in [0.25, 0.3) is 6.08 Å². The maximum atomic E-state index is 3.62. The van der Waals surface area contributed by atoms with E-state index in [9.17, 15) is 0 Å². The molecule has 0 saturated heterocycles. The molecule has 1 atom stereocenters. The fourth-order valence-corrected chi connectivity index (χ4v) is 4.40. The van der Waals surface area contributed by atoms with Crippen molar-refractivity contribution in [2.45, 2.75) is 31.7 Å². The van der Waals surface area contributed by atoms with Crippen molar-refractivity contribution in [2.75, 3.05) is 4.90 Å². The second kappa shape index (κ2) is 8.47. The molecular formula is C29H25N. The molecule has 1 aliphatic carbocycles. The third-order valence-corrected chi connectivity index (χ3v) is 5.88. The number of allylic oxidation sites excluding steroid dienone is 2. The minimum Gasteiger partial charge on any atom is -0.323 e. The summed E-state index contributed by atoms with van der Waals surface area (Å²) >= 11 is 0. The van der Waals surface area contributed by atoms with Gasteiger partial charge in [0, 0.05) is 16.9 Å². The summed E-state index contributed by atoms with van der Waals surface area (Å²) in [6.45, 7) is 0. The normalized spacial score (nSPS) is 17.9. The van der Waals surface area contributed by atoms with Crippen molar-refractivity contribution >= 4 is 11.8 Å². The van der Waals surface area contributed by atoms with Gasteiger partial charge in [-0.1, -0.05) is 78.6 Å². The van der Waals surface area contributed by atoms with Gasteiger partial charge in [0.1, 0.15) is 6.04 Å². The highest BCUT2D eigenvalue weighted by atomic mass is 15.2. The van der Waals surface area contributed by atoms with Crippen LogP contribution in [0, 0.1) is 11.8 Å². The van der Waals surface area contributed by atoms with Gasteiger partial charge >= 0.3 is 0 Å². The molecule has 1 aliphatic heterocycles. The molecule has 1 unspecified atom stereocenters. The molecule has 5 rings (SSSR count). The number of rotatable bonds is 2. The van der Waals surface area contributed by atoms with Crippen LogP contribution >= 0.6 is 0 Å². The van der Waals surface area contributed by atoms with Crippen molar-refractivity contribution in [3.8, 4) is 11.8 Å². The summed E-state index contributed by atoms with van der Waals surface area (Å²) in [4.78, 5) is 2.44. The summed E-state index contributed by atoms with van der Waals surface area (Å²) in [6.07, 6.45) is 9.64. The Labute approximate surface area is 179 Å². The predicted molar refractivity (Wildman–Crippen MR) is 126 cm³/mol. The second-order valence-electron chi connectivity index (χ2n) is 7.88. The lowest BCUT2D eigenvalue weighted by Gasteiger charge is -2.38. The topological polar surface area (TPSA) is 3.24 Å². The standard InChI is InChI=1S/C29H25N/c1-4-12-23(13-5-1)20-21-28-27-19-11-10-16-25(27)22-29(24-14-6-2-7-15-24)30(28)26-17-8-3-9-18-26/h1,3-5,8-14,16-19,22,28H,2,6-7,15H2. The molecule has 0 saturated carbocycles. The van der Waals surface area contributed by atoms with E-state index in [1.807, 2.05) is 18.2 Å². The third-order valence-electron chi connectivity index (χ3n) is 5.88. The first-order valence-corrected chi connectivity index (χ1v) is 10.8. The molecule has 0 N–H and O–H groups in total. The SMILES string of the molecule is C(#CC1c2ccccc2C=C(C2=CCCCC2)N1c1ccccc1)c1ccccc1. The van der Waals surface area contributed by atoms with Gasteiger partial charge in [0.2, 0.25) is 0 Å². The smallest absolute Gasteiger partial charge is 0.121 e. The Balaban J connectivity index is 1.68. The van der Waals surface area contributed by atoms with Crippen molar-refractivity contribution in [1.29, 1.82) is 0 Å². The maximum absolute atomic E-state index is 3.62. The third kappa shape index (κ3) is 3.70. The molecular weight excluding hydrogens is 362 g/mol. The van der Waals surface area contributed by atoms with Crippen LogP contribution in [0.5, 0.6) is 0 Å².